The minimum atomic E-state index is -0.418. The first kappa shape index (κ1) is 11.9. The largest absolute Gasteiger partial charge is 0.466 e. The second-order valence-corrected chi connectivity index (χ2v) is 2.66. The van der Waals surface area contributed by atoms with Crippen LogP contribution in [0.5, 0.6) is 0 Å². The molecule has 0 aromatic rings. The fraction of sp³-hybridized carbons (Fsp3) is 0.778. The van der Waals surface area contributed by atoms with Crippen LogP contribution in [0.3, 0.4) is 0 Å². The Labute approximate surface area is 78.2 Å². The summed E-state index contributed by atoms with van der Waals surface area (Å²) in [7, 11) is 0. The van der Waals surface area contributed by atoms with Crippen LogP contribution >= 0.6 is 0 Å². The summed E-state index contributed by atoms with van der Waals surface area (Å²) in [6, 6.07) is 0. The Morgan fingerprint density at radius 1 is 1.15 bits per heavy atom. The quantitative estimate of drug-likeness (QED) is 0.607. The van der Waals surface area contributed by atoms with Crippen molar-refractivity contribution in [3.05, 3.63) is 0 Å². The summed E-state index contributed by atoms with van der Waals surface area (Å²) in [5.41, 5.74) is 0. The van der Waals surface area contributed by atoms with Gasteiger partial charge in [-0.15, -0.1) is 0 Å². The topological polar surface area (TPSA) is 52.6 Å². The highest BCUT2D eigenvalue weighted by molar-refractivity contribution is 5.79. The highest BCUT2D eigenvalue weighted by atomic mass is 16.5. The van der Waals surface area contributed by atoms with E-state index in [-0.39, 0.29) is 18.4 Å². The van der Waals surface area contributed by atoms with Gasteiger partial charge in [-0.25, -0.2) is 0 Å². The molecule has 0 heterocycles. The van der Waals surface area contributed by atoms with Crippen LogP contribution in [0, 0.1) is 5.92 Å². The van der Waals surface area contributed by atoms with Crippen LogP contribution in [0.25, 0.3) is 0 Å². The molecule has 0 rings (SSSR count). The Morgan fingerprint density at radius 3 is 2.15 bits per heavy atom. The van der Waals surface area contributed by atoms with Crippen LogP contribution in [-0.2, 0) is 19.1 Å². The van der Waals surface area contributed by atoms with Gasteiger partial charge in [0.1, 0.15) is 0 Å². The van der Waals surface area contributed by atoms with Gasteiger partial charge in [0, 0.05) is 0 Å². The number of hydrogen-bond donors (Lipinski definition) is 0. The first-order valence-corrected chi connectivity index (χ1v) is 4.44. The average molecular weight is 188 g/mol. The second kappa shape index (κ2) is 6.46. The normalized spacial score (nSPS) is 11.9. The van der Waals surface area contributed by atoms with Crippen LogP contribution in [0.15, 0.2) is 0 Å². The Kier molecular flexibility index (Phi) is 5.93. The molecular weight excluding hydrogens is 172 g/mol. The van der Waals surface area contributed by atoms with E-state index in [0.29, 0.717) is 13.2 Å². The lowest BCUT2D eigenvalue weighted by atomic mass is 10.1. The maximum Gasteiger partial charge on any atom is 0.309 e. The number of hydrogen-bond acceptors (Lipinski definition) is 4. The molecule has 0 aliphatic heterocycles. The van der Waals surface area contributed by atoms with Crippen LogP contribution in [-0.4, -0.2) is 25.2 Å². The number of carbonyl (C=O) groups is 2. The molecule has 1 atom stereocenters. The number of ether oxygens (including phenoxy) is 2. The summed E-state index contributed by atoms with van der Waals surface area (Å²) in [6.45, 7) is 5.79. The molecule has 0 radical (unpaired) electrons. The third-order valence-electron chi connectivity index (χ3n) is 1.47. The molecule has 0 N–H and O–H groups in total. The lowest BCUT2D eigenvalue weighted by molar-refractivity contribution is -0.154. The molecule has 1 unspecified atom stereocenters. The van der Waals surface area contributed by atoms with Gasteiger partial charge in [-0.1, -0.05) is 6.92 Å². The van der Waals surface area contributed by atoms with Crippen molar-refractivity contribution in [1.82, 2.24) is 0 Å². The van der Waals surface area contributed by atoms with E-state index in [2.05, 4.69) is 0 Å². The van der Waals surface area contributed by atoms with Gasteiger partial charge in [0.05, 0.1) is 25.6 Å². The molecule has 0 fully saturated rings. The van der Waals surface area contributed by atoms with E-state index in [1.165, 1.54) is 0 Å². The van der Waals surface area contributed by atoms with E-state index < -0.39 is 5.92 Å². The molecule has 4 heteroatoms. The van der Waals surface area contributed by atoms with Gasteiger partial charge < -0.3 is 9.47 Å². The van der Waals surface area contributed by atoms with E-state index in [1.54, 1.807) is 20.8 Å². The van der Waals surface area contributed by atoms with Crippen LogP contribution in [0.1, 0.15) is 27.2 Å². The molecule has 0 aromatic heterocycles. The zero-order valence-corrected chi connectivity index (χ0v) is 8.33. The Balaban J connectivity index is 3.78. The van der Waals surface area contributed by atoms with Gasteiger partial charge in [-0.3, -0.25) is 9.59 Å². The van der Waals surface area contributed by atoms with E-state index in [4.69, 9.17) is 9.47 Å². The highest BCUT2D eigenvalue weighted by Gasteiger charge is 2.18. The second-order valence-electron chi connectivity index (χ2n) is 2.66. The monoisotopic (exact) mass is 188 g/mol. The number of carbonyl (C=O) groups excluding carboxylic acids is 2. The molecule has 0 saturated heterocycles. The van der Waals surface area contributed by atoms with E-state index in [0.717, 1.165) is 0 Å². The molecule has 0 saturated carbocycles. The molecule has 0 amide bonds. The third kappa shape index (κ3) is 5.22. The maximum atomic E-state index is 11.1. The summed E-state index contributed by atoms with van der Waals surface area (Å²) in [5.74, 6) is -1.13. The zero-order valence-electron chi connectivity index (χ0n) is 8.33. The first-order chi connectivity index (χ1) is 6.11. The van der Waals surface area contributed by atoms with E-state index in [1.807, 2.05) is 0 Å². The van der Waals surface area contributed by atoms with Gasteiger partial charge in [-0.05, 0) is 13.8 Å². The average Bonchev–Trinajstić information content (AvgIpc) is 2.05. The Bertz CT molecular complexity index is 176. The molecule has 0 aromatic carbocycles. The molecule has 0 bridgehead atoms. The molecule has 4 nitrogen and oxygen atoms in total. The van der Waals surface area contributed by atoms with Crippen molar-refractivity contribution in [2.75, 3.05) is 13.2 Å². The number of esters is 2. The van der Waals surface area contributed by atoms with Crippen LogP contribution in [0.4, 0.5) is 0 Å². The lowest BCUT2D eigenvalue weighted by Gasteiger charge is -2.08. The van der Waals surface area contributed by atoms with Gasteiger partial charge in [0.25, 0.3) is 0 Å². The summed E-state index contributed by atoms with van der Waals surface area (Å²) >= 11 is 0. The van der Waals surface area contributed by atoms with Crippen molar-refractivity contribution in [2.45, 2.75) is 27.2 Å². The molecule has 0 spiro atoms. The standard InChI is InChI=1S/C9H16O4/c1-4-12-8(10)6-7(3)9(11)13-5-2/h7H,4-6H2,1-3H3. The molecule has 0 aliphatic rings. The molecule has 13 heavy (non-hydrogen) atoms. The van der Waals surface area contributed by atoms with E-state index in [9.17, 15) is 9.59 Å². The first-order valence-electron chi connectivity index (χ1n) is 4.44. The Hall–Kier alpha value is -1.06. The highest BCUT2D eigenvalue weighted by Crippen LogP contribution is 2.05. The van der Waals surface area contributed by atoms with Gasteiger partial charge >= 0.3 is 11.9 Å². The SMILES string of the molecule is CCOC(=O)CC(C)C(=O)OCC. The lowest BCUT2D eigenvalue weighted by Crippen LogP contribution is -2.19. The van der Waals surface area contributed by atoms with Crippen molar-refractivity contribution >= 4 is 11.9 Å². The van der Waals surface area contributed by atoms with Crippen LogP contribution in [0.2, 0.25) is 0 Å². The summed E-state index contributed by atoms with van der Waals surface area (Å²) in [4.78, 5) is 22.0. The zero-order chi connectivity index (χ0) is 10.3. The minimum absolute atomic E-state index is 0.0900. The fourth-order valence-corrected chi connectivity index (χ4v) is 0.838. The number of rotatable bonds is 5. The molecule has 0 aliphatic carbocycles. The van der Waals surface area contributed by atoms with Crippen LogP contribution < -0.4 is 0 Å². The van der Waals surface area contributed by atoms with Crippen molar-refractivity contribution in [3.8, 4) is 0 Å². The van der Waals surface area contributed by atoms with E-state index >= 15 is 0 Å². The summed E-state index contributed by atoms with van der Waals surface area (Å²) < 4.78 is 9.43. The Morgan fingerprint density at radius 2 is 1.69 bits per heavy atom. The minimum Gasteiger partial charge on any atom is -0.466 e. The van der Waals surface area contributed by atoms with Crippen molar-refractivity contribution in [3.63, 3.8) is 0 Å². The van der Waals surface area contributed by atoms with Crippen molar-refractivity contribution in [2.24, 2.45) is 5.92 Å². The van der Waals surface area contributed by atoms with Crippen molar-refractivity contribution < 1.29 is 19.1 Å². The summed E-state index contributed by atoms with van der Waals surface area (Å²) in [6.07, 6.45) is 0.0900. The fourth-order valence-electron chi connectivity index (χ4n) is 0.838. The molecular formula is C9H16O4. The van der Waals surface area contributed by atoms with Gasteiger partial charge in [0.2, 0.25) is 0 Å². The maximum absolute atomic E-state index is 11.1. The smallest absolute Gasteiger partial charge is 0.309 e. The summed E-state index contributed by atoms with van der Waals surface area (Å²) in [5, 5.41) is 0. The van der Waals surface area contributed by atoms with Gasteiger partial charge in [0.15, 0.2) is 0 Å². The van der Waals surface area contributed by atoms with Gasteiger partial charge in [-0.2, -0.15) is 0 Å². The predicted octanol–water partition coefficient (Wildman–Crippen LogP) is 1.14. The molecule has 76 valence electrons. The predicted molar refractivity (Wildman–Crippen MR) is 47.0 cm³/mol. The van der Waals surface area contributed by atoms with Crippen molar-refractivity contribution in [1.29, 1.82) is 0 Å². The third-order valence-corrected chi connectivity index (χ3v) is 1.47.